The minimum absolute atomic E-state index is 0.00851. The van der Waals surface area contributed by atoms with Gasteiger partial charge in [0.1, 0.15) is 6.07 Å². The lowest BCUT2D eigenvalue weighted by atomic mass is 9.83. The lowest BCUT2D eigenvalue weighted by molar-refractivity contribution is 0.188. The summed E-state index contributed by atoms with van der Waals surface area (Å²) in [5, 5.41) is 31.0. The van der Waals surface area contributed by atoms with Crippen molar-refractivity contribution in [1.29, 1.82) is 5.26 Å². The van der Waals surface area contributed by atoms with E-state index >= 15 is 0 Å². The maximum atomic E-state index is 10.0. The van der Waals surface area contributed by atoms with Crippen molar-refractivity contribution in [3.63, 3.8) is 0 Å². The second kappa shape index (κ2) is 11.1. The van der Waals surface area contributed by atoms with Crippen molar-refractivity contribution in [2.24, 2.45) is 5.92 Å². The summed E-state index contributed by atoms with van der Waals surface area (Å²) in [4.78, 5) is 9.21. The Morgan fingerprint density at radius 1 is 1.36 bits per heavy atom. The molecule has 3 aromatic rings. The molecule has 0 saturated heterocycles. The molecule has 0 bridgehead atoms. The summed E-state index contributed by atoms with van der Waals surface area (Å²) in [7, 11) is 1.71. The number of nitriles is 1. The molecule has 9 nitrogen and oxygen atoms in total. The van der Waals surface area contributed by atoms with Gasteiger partial charge in [-0.15, -0.1) is 0 Å². The Balaban J connectivity index is 1.64. The third kappa shape index (κ3) is 5.35. The van der Waals surface area contributed by atoms with Crippen molar-refractivity contribution < 1.29 is 9.84 Å². The van der Waals surface area contributed by atoms with Crippen LogP contribution in [0.3, 0.4) is 0 Å². The third-order valence-corrected chi connectivity index (χ3v) is 6.74. The summed E-state index contributed by atoms with van der Waals surface area (Å²) in [6, 6.07) is 7.97. The van der Waals surface area contributed by atoms with Crippen molar-refractivity contribution in [2.75, 3.05) is 37.5 Å². The largest absolute Gasteiger partial charge is 0.395 e. The van der Waals surface area contributed by atoms with E-state index in [4.69, 9.17) is 9.72 Å². The molecule has 3 heterocycles. The molecule has 0 aliphatic carbocycles. The molecule has 1 aliphatic heterocycles. The number of anilines is 3. The number of aliphatic hydroxyl groups is 1. The molecule has 0 radical (unpaired) electrons. The Morgan fingerprint density at radius 2 is 2.19 bits per heavy atom. The third-order valence-electron chi connectivity index (χ3n) is 6.74. The highest BCUT2D eigenvalue weighted by Crippen LogP contribution is 2.41. The summed E-state index contributed by atoms with van der Waals surface area (Å²) in [5.74, 6) is 1.05. The molecule has 3 N–H and O–H groups in total. The fourth-order valence-electron chi connectivity index (χ4n) is 4.52. The molecule has 36 heavy (non-hydrogen) atoms. The Labute approximate surface area is 212 Å². The first-order valence-corrected chi connectivity index (χ1v) is 12.5. The predicted octanol–water partition coefficient (Wildman–Crippen LogP) is 4.26. The van der Waals surface area contributed by atoms with E-state index in [0.29, 0.717) is 36.3 Å². The number of ether oxygens (including phenoxy) is 1. The van der Waals surface area contributed by atoms with Crippen molar-refractivity contribution in [1.82, 2.24) is 19.7 Å². The van der Waals surface area contributed by atoms with Gasteiger partial charge in [0.2, 0.25) is 5.95 Å². The van der Waals surface area contributed by atoms with Gasteiger partial charge < -0.3 is 20.5 Å². The van der Waals surface area contributed by atoms with Gasteiger partial charge in [0, 0.05) is 44.0 Å². The van der Waals surface area contributed by atoms with Crippen molar-refractivity contribution in [2.45, 2.75) is 52.0 Å². The molecule has 1 aliphatic rings. The highest BCUT2D eigenvalue weighted by Gasteiger charge is 2.36. The average Bonchev–Trinajstić information content (AvgIpc) is 3.43. The number of hydrogen-bond donors (Lipinski definition) is 3. The zero-order chi connectivity index (χ0) is 25.7. The number of methoxy groups -OCH3 is 1. The molecule has 0 saturated carbocycles. The first-order chi connectivity index (χ1) is 17.4. The number of fused-ring (bicyclic) bond motifs is 1. The van der Waals surface area contributed by atoms with Crippen LogP contribution >= 0.6 is 0 Å². The standard InChI is InChI=1S/C27H35N7O2/c1-18(2)6-7-24-23(15-31-34(24)10-5-11-36-4)33-26-29-9-8-22(32-26)19-12-20(14-28)25-21(13-19)27(3,17-35)16-30-25/h8-9,12-13,15,18,30,35H,5-7,10-11,16-17H2,1-4H3,(H,29,32,33)/t27-/m1/s1. The lowest BCUT2D eigenvalue weighted by Gasteiger charge is -2.21. The van der Waals surface area contributed by atoms with E-state index in [9.17, 15) is 10.4 Å². The fraction of sp³-hybridized carbons (Fsp3) is 0.481. The van der Waals surface area contributed by atoms with Crippen LogP contribution in [-0.2, 0) is 23.1 Å². The summed E-state index contributed by atoms with van der Waals surface area (Å²) in [6.45, 7) is 8.48. The number of nitrogens with zero attached hydrogens (tertiary/aromatic N) is 5. The van der Waals surface area contributed by atoms with E-state index < -0.39 is 5.41 Å². The Kier molecular flexibility index (Phi) is 7.87. The van der Waals surface area contributed by atoms with Gasteiger partial charge in [0.05, 0.1) is 41.1 Å². The molecule has 1 aromatic carbocycles. The summed E-state index contributed by atoms with van der Waals surface area (Å²) in [5.41, 5.74) is 5.36. The first-order valence-electron chi connectivity index (χ1n) is 12.5. The smallest absolute Gasteiger partial charge is 0.227 e. The molecular weight excluding hydrogens is 454 g/mol. The van der Waals surface area contributed by atoms with Crippen LogP contribution in [-0.4, -0.2) is 51.7 Å². The molecule has 1 atom stereocenters. The van der Waals surface area contributed by atoms with Gasteiger partial charge in [-0.1, -0.05) is 20.8 Å². The monoisotopic (exact) mass is 489 g/mol. The predicted molar refractivity (Wildman–Crippen MR) is 140 cm³/mol. The number of nitrogens with one attached hydrogen (secondary N) is 2. The topological polar surface area (TPSA) is 121 Å². The molecular formula is C27H35N7O2. The molecule has 2 aromatic heterocycles. The maximum absolute atomic E-state index is 10.0. The molecule has 190 valence electrons. The highest BCUT2D eigenvalue weighted by molar-refractivity contribution is 5.76. The SMILES string of the molecule is COCCCn1ncc(Nc2nccc(-c3cc(C#N)c4c(c3)[C@@](C)(CO)CN4)n2)c1CCC(C)C. The summed E-state index contributed by atoms with van der Waals surface area (Å²) in [6.07, 6.45) is 6.38. The second-order valence-corrected chi connectivity index (χ2v) is 10.0. The molecule has 0 unspecified atom stereocenters. The number of rotatable bonds is 11. The van der Waals surface area contributed by atoms with Gasteiger partial charge in [-0.05, 0) is 48.9 Å². The van der Waals surface area contributed by atoms with E-state index in [-0.39, 0.29) is 6.61 Å². The van der Waals surface area contributed by atoms with Crippen LogP contribution in [0.5, 0.6) is 0 Å². The van der Waals surface area contributed by atoms with Crippen LogP contribution in [0.1, 0.15) is 50.4 Å². The molecule has 9 heteroatoms. The van der Waals surface area contributed by atoms with Crippen LogP contribution in [0.4, 0.5) is 17.3 Å². The lowest BCUT2D eigenvalue weighted by Crippen LogP contribution is -2.28. The number of aliphatic hydroxyl groups excluding tert-OH is 1. The second-order valence-electron chi connectivity index (χ2n) is 10.0. The van der Waals surface area contributed by atoms with Gasteiger partial charge in [-0.25, -0.2) is 9.97 Å². The highest BCUT2D eigenvalue weighted by atomic mass is 16.5. The van der Waals surface area contributed by atoms with Gasteiger partial charge in [-0.3, -0.25) is 4.68 Å². The molecule has 4 rings (SSSR count). The maximum Gasteiger partial charge on any atom is 0.227 e. The average molecular weight is 490 g/mol. The summed E-state index contributed by atoms with van der Waals surface area (Å²) >= 11 is 0. The number of aryl methyl sites for hydroxylation is 1. The Bertz CT molecular complexity index is 1250. The van der Waals surface area contributed by atoms with Crippen LogP contribution in [0, 0.1) is 17.2 Å². The first kappa shape index (κ1) is 25.6. The minimum atomic E-state index is -0.451. The number of hydrogen-bond acceptors (Lipinski definition) is 8. The number of aromatic nitrogens is 4. The van der Waals surface area contributed by atoms with E-state index in [1.807, 2.05) is 36.0 Å². The van der Waals surface area contributed by atoms with E-state index in [0.717, 1.165) is 54.0 Å². The van der Waals surface area contributed by atoms with Gasteiger partial charge in [0.25, 0.3) is 0 Å². The van der Waals surface area contributed by atoms with Gasteiger partial charge in [-0.2, -0.15) is 10.4 Å². The summed E-state index contributed by atoms with van der Waals surface area (Å²) < 4.78 is 7.25. The van der Waals surface area contributed by atoms with Crippen molar-refractivity contribution >= 4 is 17.3 Å². The van der Waals surface area contributed by atoms with Crippen LogP contribution in [0.25, 0.3) is 11.3 Å². The van der Waals surface area contributed by atoms with Crippen LogP contribution in [0.15, 0.2) is 30.6 Å². The number of benzene rings is 1. The van der Waals surface area contributed by atoms with Crippen LogP contribution in [0.2, 0.25) is 0 Å². The van der Waals surface area contributed by atoms with E-state index in [1.165, 1.54) is 0 Å². The molecule has 0 spiro atoms. The van der Waals surface area contributed by atoms with E-state index in [2.05, 4.69) is 40.6 Å². The molecule has 0 fully saturated rings. The Morgan fingerprint density at radius 3 is 2.92 bits per heavy atom. The van der Waals surface area contributed by atoms with Gasteiger partial charge in [0.15, 0.2) is 0 Å². The van der Waals surface area contributed by atoms with E-state index in [1.54, 1.807) is 13.3 Å². The van der Waals surface area contributed by atoms with Crippen molar-refractivity contribution in [3.05, 3.63) is 47.4 Å². The fourth-order valence-corrected chi connectivity index (χ4v) is 4.52. The zero-order valence-electron chi connectivity index (χ0n) is 21.5. The minimum Gasteiger partial charge on any atom is -0.395 e. The Hall–Kier alpha value is -3.48. The molecule has 0 amide bonds. The van der Waals surface area contributed by atoms with Crippen molar-refractivity contribution in [3.8, 4) is 17.3 Å². The van der Waals surface area contributed by atoms with Gasteiger partial charge >= 0.3 is 0 Å². The van der Waals surface area contributed by atoms with Crippen LogP contribution < -0.4 is 10.6 Å². The normalized spacial score (nSPS) is 16.6. The zero-order valence-corrected chi connectivity index (χ0v) is 21.5. The quantitative estimate of drug-likeness (QED) is 0.342.